The normalized spacial score (nSPS) is 31.0. The second kappa shape index (κ2) is 9.49. The zero-order valence-corrected chi connectivity index (χ0v) is 24.4. The Balaban J connectivity index is 1.51. The molecule has 3 aromatic carbocycles. The van der Waals surface area contributed by atoms with Gasteiger partial charge in [-0.05, 0) is 24.1 Å². The summed E-state index contributed by atoms with van der Waals surface area (Å²) >= 11 is 14.1. The van der Waals surface area contributed by atoms with E-state index in [1.807, 2.05) is 0 Å². The van der Waals surface area contributed by atoms with Crippen LogP contribution in [0.2, 0.25) is 0 Å². The number of aromatic hydroxyl groups is 1. The van der Waals surface area contributed by atoms with Gasteiger partial charge in [-0.2, -0.15) is 0 Å². The lowest BCUT2D eigenvalue weighted by Gasteiger charge is -2.50. The maximum atomic E-state index is 15.1. The van der Waals surface area contributed by atoms with Crippen LogP contribution in [0.15, 0.2) is 48.0 Å². The largest absolute Gasteiger partial charge is 0.507 e. The number of likely N-dealkylation sites (tertiary alicyclic amines) is 1. The van der Waals surface area contributed by atoms with Gasteiger partial charge in [0, 0.05) is 23.9 Å². The number of hydrogen-bond donors (Lipinski definition) is 1. The second-order valence-electron chi connectivity index (χ2n) is 11.7. The molecular weight excluding hydrogens is 646 g/mol. The van der Waals surface area contributed by atoms with Gasteiger partial charge in [0.2, 0.25) is 17.6 Å². The summed E-state index contributed by atoms with van der Waals surface area (Å²) in [6.45, 7) is 0. The number of amides is 4. The maximum Gasteiger partial charge on any atom is 0.258 e. The number of hydrogen-bond acceptors (Lipinski definition) is 5. The molecule has 2 aliphatic heterocycles. The van der Waals surface area contributed by atoms with Crippen molar-refractivity contribution in [2.24, 2.45) is 17.8 Å². The number of fused-ring (bicyclic) bond motifs is 5. The standard InChI is InChI=1S/C31H19Cl2F5N2O5/c1-39-26(42)14-9-8-13-16(17(14)27(39)43)10-30(32)28(44)40(24-22(37)20(35)19(34)21(36)23(24)38)29(45)31(30,33)18(13)15-7-6-11-4-2-3-5-12(11)25(15)41/h2-8,14,16-18,41H,9-10H2,1H3/t14-,16+,17-,18+,30+,31-/m0/s1. The van der Waals surface area contributed by atoms with Crippen LogP contribution in [0.1, 0.15) is 24.3 Å². The first-order valence-corrected chi connectivity index (χ1v) is 14.4. The summed E-state index contributed by atoms with van der Waals surface area (Å²) in [7, 11) is 1.29. The van der Waals surface area contributed by atoms with E-state index in [1.165, 1.54) is 13.1 Å². The number of allylic oxidation sites excluding steroid dienone is 2. The Morgan fingerprint density at radius 2 is 1.44 bits per heavy atom. The zero-order valence-electron chi connectivity index (χ0n) is 22.9. The Morgan fingerprint density at radius 1 is 0.822 bits per heavy atom. The highest BCUT2D eigenvalue weighted by atomic mass is 35.5. The van der Waals surface area contributed by atoms with Crippen molar-refractivity contribution in [1.29, 1.82) is 0 Å². The summed E-state index contributed by atoms with van der Waals surface area (Å²) in [6, 6.07) is 9.56. The van der Waals surface area contributed by atoms with Crippen LogP contribution in [0.4, 0.5) is 27.6 Å². The summed E-state index contributed by atoms with van der Waals surface area (Å²) in [5, 5.41) is 12.4. The van der Waals surface area contributed by atoms with Crippen LogP contribution in [0, 0.1) is 46.8 Å². The molecule has 0 radical (unpaired) electrons. The number of phenolic OH excluding ortho intramolecular Hbond substituents is 1. The number of halogens is 7. The van der Waals surface area contributed by atoms with Gasteiger partial charge in [0.25, 0.3) is 11.8 Å². The van der Waals surface area contributed by atoms with Gasteiger partial charge in [-0.1, -0.05) is 48.0 Å². The van der Waals surface area contributed by atoms with Crippen molar-refractivity contribution in [1.82, 2.24) is 4.90 Å². The zero-order chi connectivity index (χ0) is 32.5. The van der Waals surface area contributed by atoms with E-state index in [4.69, 9.17) is 23.2 Å². The van der Waals surface area contributed by atoms with Crippen molar-refractivity contribution in [3.05, 3.63) is 82.7 Å². The number of nitrogens with zero attached hydrogens (tertiary/aromatic N) is 2. The molecule has 232 valence electrons. The van der Waals surface area contributed by atoms with Crippen molar-refractivity contribution in [2.75, 3.05) is 11.9 Å². The molecule has 14 heteroatoms. The first-order valence-electron chi connectivity index (χ1n) is 13.7. The van der Waals surface area contributed by atoms with Crippen LogP contribution < -0.4 is 4.90 Å². The highest BCUT2D eigenvalue weighted by Gasteiger charge is 2.77. The number of carbonyl (C=O) groups is 4. The summed E-state index contributed by atoms with van der Waals surface area (Å²) in [5.74, 6) is -21.5. The SMILES string of the molecule is CN1C(=O)[C@H]2[C@H](CC=C3[C@H]2C[C@@]2(Cl)C(=O)N(c4c(F)c(F)c(F)c(F)c4F)C(=O)[C@@]2(Cl)[C@H]3c2ccc3ccccc3c2O)C1=O. The van der Waals surface area contributed by atoms with Crippen molar-refractivity contribution >= 4 is 63.3 Å². The summed E-state index contributed by atoms with van der Waals surface area (Å²) < 4.78 is 72.8. The molecule has 7 nitrogen and oxygen atoms in total. The van der Waals surface area contributed by atoms with Gasteiger partial charge in [0.1, 0.15) is 11.4 Å². The minimum absolute atomic E-state index is 0.0159. The van der Waals surface area contributed by atoms with E-state index in [9.17, 15) is 37.5 Å². The highest BCUT2D eigenvalue weighted by Crippen LogP contribution is 2.66. The van der Waals surface area contributed by atoms with Gasteiger partial charge in [-0.25, -0.2) is 26.9 Å². The second-order valence-corrected chi connectivity index (χ2v) is 12.9. The number of benzene rings is 3. The molecule has 0 spiro atoms. The van der Waals surface area contributed by atoms with E-state index < -0.39 is 98.2 Å². The Labute approximate surface area is 260 Å². The molecule has 2 aliphatic carbocycles. The third-order valence-electron chi connectivity index (χ3n) is 9.68. The average molecular weight is 665 g/mol. The van der Waals surface area contributed by atoms with Crippen LogP contribution in [-0.2, 0) is 19.2 Å². The van der Waals surface area contributed by atoms with E-state index in [2.05, 4.69) is 0 Å². The van der Waals surface area contributed by atoms with Crippen molar-refractivity contribution in [3.8, 4) is 5.75 Å². The molecule has 4 amide bonds. The van der Waals surface area contributed by atoms with Crippen molar-refractivity contribution < 1.29 is 46.2 Å². The Morgan fingerprint density at radius 3 is 2.11 bits per heavy atom. The van der Waals surface area contributed by atoms with Gasteiger partial charge < -0.3 is 5.11 Å². The predicted molar refractivity (Wildman–Crippen MR) is 150 cm³/mol. The van der Waals surface area contributed by atoms with Gasteiger partial charge in [0.15, 0.2) is 33.0 Å². The fraction of sp³-hybridized carbons (Fsp3) is 0.290. The molecule has 4 aliphatic rings. The molecule has 3 aromatic rings. The van der Waals surface area contributed by atoms with Crippen LogP contribution >= 0.6 is 23.2 Å². The van der Waals surface area contributed by atoms with E-state index in [1.54, 1.807) is 36.4 Å². The maximum absolute atomic E-state index is 15.1. The van der Waals surface area contributed by atoms with Crippen LogP contribution in [0.5, 0.6) is 5.75 Å². The predicted octanol–water partition coefficient (Wildman–Crippen LogP) is 5.43. The van der Waals surface area contributed by atoms with Gasteiger partial charge >= 0.3 is 0 Å². The molecule has 2 heterocycles. The summed E-state index contributed by atoms with van der Waals surface area (Å²) in [6.07, 6.45) is 0.968. The molecule has 1 saturated carbocycles. The van der Waals surface area contributed by atoms with Gasteiger partial charge in [0.05, 0.1) is 11.8 Å². The fourth-order valence-electron chi connectivity index (χ4n) is 7.57. The lowest BCUT2D eigenvalue weighted by molar-refractivity contribution is -0.138. The molecule has 3 fully saturated rings. The lowest BCUT2D eigenvalue weighted by Crippen LogP contribution is -2.60. The van der Waals surface area contributed by atoms with E-state index in [0.717, 1.165) is 4.90 Å². The monoisotopic (exact) mass is 664 g/mol. The van der Waals surface area contributed by atoms with Crippen LogP contribution in [0.3, 0.4) is 0 Å². The first-order chi connectivity index (χ1) is 21.2. The molecule has 0 aromatic heterocycles. The number of phenols is 1. The molecule has 1 N–H and O–H groups in total. The summed E-state index contributed by atoms with van der Waals surface area (Å²) in [5.41, 5.74) is -1.65. The van der Waals surface area contributed by atoms with E-state index >= 15 is 8.78 Å². The lowest BCUT2D eigenvalue weighted by atomic mass is 9.56. The Kier molecular flexibility index (Phi) is 6.26. The highest BCUT2D eigenvalue weighted by molar-refractivity contribution is 6.58. The number of anilines is 1. The molecule has 2 saturated heterocycles. The van der Waals surface area contributed by atoms with Crippen LogP contribution in [0.25, 0.3) is 10.8 Å². The molecule has 6 atom stereocenters. The Bertz CT molecular complexity index is 1940. The van der Waals surface area contributed by atoms with Crippen molar-refractivity contribution in [3.63, 3.8) is 0 Å². The number of alkyl halides is 2. The van der Waals surface area contributed by atoms with E-state index in [0.29, 0.717) is 10.8 Å². The minimum Gasteiger partial charge on any atom is -0.507 e. The minimum atomic E-state index is -2.71. The molecule has 45 heavy (non-hydrogen) atoms. The number of rotatable bonds is 2. The van der Waals surface area contributed by atoms with Crippen LogP contribution in [-0.4, -0.2) is 50.4 Å². The van der Waals surface area contributed by atoms with Gasteiger partial charge in [-0.15, -0.1) is 23.2 Å². The average Bonchev–Trinajstić information content (AvgIpc) is 3.33. The number of imide groups is 2. The molecule has 7 rings (SSSR count). The third-order valence-corrected chi connectivity index (χ3v) is 11.1. The Hall–Kier alpha value is -4.03. The summed E-state index contributed by atoms with van der Waals surface area (Å²) in [4.78, 5) is 50.0. The van der Waals surface area contributed by atoms with E-state index in [-0.39, 0.29) is 28.2 Å². The molecular formula is C31H19Cl2F5N2O5. The number of carbonyl (C=O) groups excluding carboxylic acids is 4. The van der Waals surface area contributed by atoms with Gasteiger partial charge in [-0.3, -0.25) is 24.1 Å². The fourth-order valence-corrected chi connectivity index (χ4v) is 8.50. The first kappa shape index (κ1) is 29.7. The topological polar surface area (TPSA) is 95.0 Å². The third kappa shape index (κ3) is 3.46. The molecule has 0 bridgehead atoms. The smallest absolute Gasteiger partial charge is 0.258 e. The quantitative estimate of drug-likeness (QED) is 0.0984. The van der Waals surface area contributed by atoms with Crippen molar-refractivity contribution in [2.45, 2.75) is 28.5 Å². The molecule has 0 unspecified atom stereocenters.